The van der Waals surface area contributed by atoms with Crippen LogP contribution in [0.1, 0.15) is 51.3 Å². The molecule has 86 valence electrons. The molecule has 0 aliphatic rings. The summed E-state index contributed by atoms with van der Waals surface area (Å²) in [6.45, 7) is 5.42. The van der Waals surface area contributed by atoms with Crippen LogP contribution in [-0.2, 0) is 6.54 Å². The van der Waals surface area contributed by atoms with Gasteiger partial charge in [-0.1, -0.05) is 26.2 Å². The number of nitrogens with one attached hydrogen (secondary N) is 1. The van der Waals surface area contributed by atoms with Crippen LogP contribution in [-0.4, -0.2) is 16.6 Å². The van der Waals surface area contributed by atoms with Crippen molar-refractivity contribution in [2.75, 3.05) is 7.05 Å². The third kappa shape index (κ3) is 3.67. The van der Waals surface area contributed by atoms with Crippen LogP contribution < -0.4 is 5.32 Å². The molecule has 1 aromatic heterocycles. The zero-order chi connectivity index (χ0) is 11.1. The largest absolute Gasteiger partial charge is 0.331 e. The molecule has 0 saturated carbocycles. The van der Waals surface area contributed by atoms with Crippen LogP contribution in [0.25, 0.3) is 0 Å². The van der Waals surface area contributed by atoms with Gasteiger partial charge in [-0.05, 0) is 20.4 Å². The molecule has 1 aromatic rings. The van der Waals surface area contributed by atoms with Gasteiger partial charge in [0.15, 0.2) is 0 Å². The Balaban J connectivity index is 2.48. The number of rotatable bonds is 7. The summed E-state index contributed by atoms with van der Waals surface area (Å²) in [4.78, 5) is 4.21. The van der Waals surface area contributed by atoms with Gasteiger partial charge in [-0.3, -0.25) is 0 Å². The Kier molecular flexibility index (Phi) is 5.40. The summed E-state index contributed by atoms with van der Waals surface area (Å²) in [7, 11) is 1.97. The quantitative estimate of drug-likeness (QED) is 0.700. The first-order chi connectivity index (χ1) is 7.29. The highest BCUT2D eigenvalue weighted by atomic mass is 15.1. The van der Waals surface area contributed by atoms with Crippen molar-refractivity contribution in [3.05, 3.63) is 18.2 Å². The molecule has 0 saturated heterocycles. The van der Waals surface area contributed by atoms with Gasteiger partial charge < -0.3 is 9.88 Å². The fourth-order valence-electron chi connectivity index (χ4n) is 1.88. The Labute approximate surface area is 92.9 Å². The van der Waals surface area contributed by atoms with Gasteiger partial charge in [-0.15, -0.1) is 0 Å². The van der Waals surface area contributed by atoms with Crippen molar-refractivity contribution in [2.24, 2.45) is 0 Å². The van der Waals surface area contributed by atoms with Crippen LogP contribution in [0.2, 0.25) is 0 Å². The van der Waals surface area contributed by atoms with E-state index >= 15 is 0 Å². The lowest BCUT2D eigenvalue weighted by Crippen LogP contribution is -2.13. The van der Waals surface area contributed by atoms with Crippen LogP contribution in [0.3, 0.4) is 0 Å². The van der Waals surface area contributed by atoms with E-state index in [-0.39, 0.29) is 0 Å². The zero-order valence-electron chi connectivity index (χ0n) is 10.2. The maximum Gasteiger partial charge on any atom is 0.0951 e. The fourth-order valence-corrected chi connectivity index (χ4v) is 1.88. The molecule has 1 N–H and O–H groups in total. The van der Waals surface area contributed by atoms with Gasteiger partial charge in [0.25, 0.3) is 0 Å². The van der Waals surface area contributed by atoms with E-state index in [4.69, 9.17) is 0 Å². The molecular weight excluding hydrogens is 186 g/mol. The molecule has 0 amide bonds. The summed E-state index contributed by atoms with van der Waals surface area (Å²) >= 11 is 0. The predicted molar refractivity (Wildman–Crippen MR) is 63.8 cm³/mol. The normalized spacial score (nSPS) is 13.0. The Bertz CT molecular complexity index is 268. The molecule has 1 rings (SSSR count). The molecule has 0 fully saturated rings. The number of hydrogen-bond donors (Lipinski definition) is 1. The van der Waals surface area contributed by atoms with E-state index in [9.17, 15) is 0 Å². The first kappa shape index (κ1) is 12.2. The number of imidazole rings is 1. The summed E-state index contributed by atoms with van der Waals surface area (Å²) in [6.07, 6.45) is 9.09. The average molecular weight is 209 g/mol. The van der Waals surface area contributed by atoms with Crippen LogP contribution in [0, 0.1) is 0 Å². The number of nitrogens with zero attached hydrogens (tertiary/aromatic N) is 2. The van der Waals surface area contributed by atoms with E-state index in [1.54, 1.807) is 0 Å². The highest BCUT2D eigenvalue weighted by Crippen LogP contribution is 2.17. The Morgan fingerprint density at radius 1 is 1.47 bits per heavy atom. The molecule has 0 aliphatic carbocycles. The lowest BCUT2D eigenvalue weighted by molar-refractivity contribution is 0.461. The van der Waals surface area contributed by atoms with E-state index in [0.29, 0.717) is 6.04 Å². The van der Waals surface area contributed by atoms with Gasteiger partial charge in [0.2, 0.25) is 0 Å². The van der Waals surface area contributed by atoms with Crippen molar-refractivity contribution in [1.29, 1.82) is 0 Å². The number of aromatic nitrogens is 2. The second-order valence-corrected chi connectivity index (χ2v) is 4.17. The van der Waals surface area contributed by atoms with Crippen molar-refractivity contribution in [2.45, 2.75) is 52.1 Å². The molecule has 3 nitrogen and oxygen atoms in total. The highest BCUT2D eigenvalue weighted by molar-refractivity contribution is 4.99. The summed E-state index contributed by atoms with van der Waals surface area (Å²) in [5, 5.41) is 3.17. The number of hydrogen-bond acceptors (Lipinski definition) is 2. The minimum Gasteiger partial charge on any atom is -0.331 e. The topological polar surface area (TPSA) is 29.9 Å². The van der Waals surface area contributed by atoms with Gasteiger partial charge in [0.1, 0.15) is 0 Å². The lowest BCUT2D eigenvalue weighted by Gasteiger charge is -2.16. The first-order valence-corrected chi connectivity index (χ1v) is 5.94. The van der Waals surface area contributed by atoms with Gasteiger partial charge in [-0.2, -0.15) is 0 Å². The van der Waals surface area contributed by atoms with E-state index in [0.717, 1.165) is 6.54 Å². The molecule has 1 atom stereocenters. The molecule has 0 radical (unpaired) electrons. The van der Waals surface area contributed by atoms with Gasteiger partial charge in [0.05, 0.1) is 12.0 Å². The second kappa shape index (κ2) is 6.62. The van der Waals surface area contributed by atoms with Gasteiger partial charge >= 0.3 is 0 Å². The van der Waals surface area contributed by atoms with E-state index in [1.807, 2.05) is 19.6 Å². The van der Waals surface area contributed by atoms with Gasteiger partial charge in [0, 0.05) is 18.8 Å². The number of unbranched alkanes of at least 4 members (excludes halogenated alkanes) is 2. The Morgan fingerprint density at radius 2 is 2.27 bits per heavy atom. The summed E-state index contributed by atoms with van der Waals surface area (Å²) in [5.41, 5.74) is 1.28. The molecule has 0 bridgehead atoms. The molecule has 0 aliphatic heterocycles. The van der Waals surface area contributed by atoms with Crippen LogP contribution in [0.5, 0.6) is 0 Å². The van der Waals surface area contributed by atoms with E-state index < -0.39 is 0 Å². The van der Waals surface area contributed by atoms with Crippen molar-refractivity contribution in [3.63, 3.8) is 0 Å². The first-order valence-electron chi connectivity index (χ1n) is 5.94. The van der Waals surface area contributed by atoms with Crippen molar-refractivity contribution < 1.29 is 0 Å². The summed E-state index contributed by atoms with van der Waals surface area (Å²) < 4.78 is 2.28. The van der Waals surface area contributed by atoms with E-state index in [1.165, 1.54) is 31.4 Å². The summed E-state index contributed by atoms with van der Waals surface area (Å²) in [5.74, 6) is 0. The SMILES string of the molecule is CCCCCC(C)n1cncc1CNC. The maximum atomic E-state index is 4.21. The lowest BCUT2D eigenvalue weighted by atomic mass is 10.1. The minimum absolute atomic E-state index is 0.572. The molecule has 3 heteroatoms. The molecular formula is C12H23N3. The minimum atomic E-state index is 0.572. The molecule has 1 heterocycles. The molecule has 1 unspecified atom stereocenters. The molecule has 0 spiro atoms. The van der Waals surface area contributed by atoms with Crippen LogP contribution in [0.15, 0.2) is 12.5 Å². The monoisotopic (exact) mass is 209 g/mol. The average Bonchev–Trinajstić information content (AvgIpc) is 2.67. The van der Waals surface area contributed by atoms with E-state index in [2.05, 4.69) is 28.7 Å². The molecule has 0 aromatic carbocycles. The summed E-state index contributed by atoms with van der Waals surface area (Å²) in [6, 6.07) is 0.572. The highest BCUT2D eigenvalue weighted by Gasteiger charge is 2.08. The maximum absolute atomic E-state index is 4.21. The Morgan fingerprint density at radius 3 is 2.93 bits per heavy atom. The van der Waals surface area contributed by atoms with Crippen LogP contribution in [0.4, 0.5) is 0 Å². The zero-order valence-corrected chi connectivity index (χ0v) is 10.2. The third-order valence-electron chi connectivity index (χ3n) is 2.80. The predicted octanol–water partition coefficient (Wildman–Crippen LogP) is 2.74. The van der Waals surface area contributed by atoms with Crippen molar-refractivity contribution in [1.82, 2.24) is 14.9 Å². The third-order valence-corrected chi connectivity index (χ3v) is 2.80. The van der Waals surface area contributed by atoms with Crippen molar-refractivity contribution >= 4 is 0 Å². The fraction of sp³-hybridized carbons (Fsp3) is 0.750. The smallest absolute Gasteiger partial charge is 0.0951 e. The second-order valence-electron chi connectivity index (χ2n) is 4.17. The Hall–Kier alpha value is -0.830. The van der Waals surface area contributed by atoms with Crippen molar-refractivity contribution in [3.8, 4) is 0 Å². The van der Waals surface area contributed by atoms with Crippen LogP contribution >= 0.6 is 0 Å². The van der Waals surface area contributed by atoms with Gasteiger partial charge in [-0.25, -0.2) is 4.98 Å². The molecule has 15 heavy (non-hydrogen) atoms. The standard InChI is InChI=1S/C12H23N3/c1-4-5-6-7-11(2)15-10-14-9-12(15)8-13-3/h9-11,13H,4-8H2,1-3H3.